The van der Waals surface area contributed by atoms with Gasteiger partial charge in [0.15, 0.2) is 6.23 Å². The van der Waals surface area contributed by atoms with Crippen molar-refractivity contribution in [2.45, 2.75) is 44.8 Å². The minimum absolute atomic E-state index is 0.132. The first-order chi connectivity index (χ1) is 9.95. The Balaban J connectivity index is 2.17. The van der Waals surface area contributed by atoms with Gasteiger partial charge in [-0.3, -0.25) is 4.57 Å². The van der Waals surface area contributed by atoms with Crippen LogP contribution in [0.3, 0.4) is 0 Å². The van der Waals surface area contributed by atoms with Gasteiger partial charge in [-0.05, 0) is 13.3 Å². The van der Waals surface area contributed by atoms with Crippen LogP contribution in [-0.4, -0.2) is 51.3 Å². The number of aliphatic hydroxyl groups excluding tert-OH is 2. The third-order valence-corrected chi connectivity index (χ3v) is 3.42. The van der Waals surface area contributed by atoms with Gasteiger partial charge in [-0.25, -0.2) is 4.79 Å². The van der Waals surface area contributed by atoms with Crippen molar-refractivity contribution in [1.82, 2.24) is 9.55 Å². The van der Waals surface area contributed by atoms with Gasteiger partial charge in [0.25, 0.3) is 0 Å². The summed E-state index contributed by atoms with van der Waals surface area (Å²) in [7, 11) is 0. The lowest BCUT2D eigenvalue weighted by Crippen LogP contribution is -2.36. The molecule has 118 valence electrons. The molecule has 8 nitrogen and oxygen atoms in total. The summed E-state index contributed by atoms with van der Waals surface area (Å²) in [5.41, 5.74) is 5.52. The molecule has 4 atom stereocenters. The number of aromatic nitrogens is 2. The van der Waals surface area contributed by atoms with Crippen molar-refractivity contribution in [1.29, 1.82) is 0 Å². The molecule has 0 aliphatic carbocycles. The molecule has 1 aliphatic heterocycles. The van der Waals surface area contributed by atoms with E-state index in [0.29, 0.717) is 12.2 Å². The quantitative estimate of drug-likeness (QED) is 0.607. The van der Waals surface area contributed by atoms with Crippen LogP contribution < -0.4 is 11.4 Å². The van der Waals surface area contributed by atoms with Gasteiger partial charge in [0, 0.05) is 18.4 Å². The van der Waals surface area contributed by atoms with Gasteiger partial charge in [0.05, 0.1) is 6.61 Å². The van der Waals surface area contributed by atoms with Crippen molar-refractivity contribution in [2.24, 2.45) is 0 Å². The number of nitrogens with two attached hydrogens (primary N) is 1. The summed E-state index contributed by atoms with van der Waals surface area (Å²) < 4.78 is 12.0. The smallest absolute Gasteiger partial charge is 0.351 e. The second-order valence-corrected chi connectivity index (χ2v) is 5.12. The van der Waals surface area contributed by atoms with Crippen molar-refractivity contribution in [3.8, 4) is 0 Å². The van der Waals surface area contributed by atoms with E-state index in [9.17, 15) is 15.0 Å². The monoisotopic (exact) mass is 299 g/mol. The van der Waals surface area contributed by atoms with Crippen LogP contribution in [0.15, 0.2) is 11.0 Å². The van der Waals surface area contributed by atoms with Crippen LogP contribution in [0.2, 0.25) is 0 Å². The Bertz CT molecular complexity index is 547. The maximum Gasteiger partial charge on any atom is 0.351 e. The van der Waals surface area contributed by atoms with E-state index in [1.807, 2.05) is 6.92 Å². The van der Waals surface area contributed by atoms with Gasteiger partial charge in [-0.1, -0.05) is 6.92 Å². The molecule has 0 unspecified atom stereocenters. The van der Waals surface area contributed by atoms with E-state index in [0.717, 1.165) is 11.0 Å². The molecule has 2 heterocycles. The summed E-state index contributed by atoms with van der Waals surface area (Å²) >= 11 is 0. The van der Waals surface area contributed by atoms with E-state index < -0.39 is 30.2 Å². The molecule has 8 heteroatoms. The van der Waals surface area contributed by atoms with Crippen LogP contribution in [0.1, 0.15) is 25.1 Å². The largest absolute Gasteiger partial charge is 0.387 e. The zero-order chi connectivity index (χ0) is 15.6. The molecule has 2 rings (SSSR count). The van der Waals surface area contributed by atoms with Crippen LogP contribution in [0, 0.1) is 6.92 Å². The number of aryl methyl sites for hydroxylation is 1. The lowest BCUT2D eigenvalue weighted by atomic mass is 10.1. The molecule has 1 aromatic rings. The summed E-state index contributed by atoms with van der Waals surface area (Å²) in [5.74, 6) is 0.132. The van der Waals surface area contributed by atoms with Crippen molar-refractivity contribution in [2.75, 3.05) is 18.9 Å². The molecular weight excluding hydrogens is 278 g/mol. The first-order valence-corrected chi connectivity index (χ1v) is 6.90. The lowest BCUT2D eigenvalue weighted by molar-refractivity contribution is -0.0682. The zero-order valence-electron chi connectivity index (χ0n) is 12.1. The van der Waals surface area contributed by atoms with Gasteiger partial charge in [0.2, 0.25) is 0 Å². The summed E-state index contributed by atoms with van der Waals surface area (Å²) in [4.78, 5) is 15.5. The first kappa shape index (κ1) is 15.9. The molecule has 4 N–H and O–H groups in total. The third kappa shape index (κ3) is 3.24. The van der Waals surface area contributed by atoms with Gasteiger partial charge < -0.3 is 25.4 Å². The number of hydrogen-bond donors (Lipinski definition) is 3. The highest BCUT2D eigenvalue weighted by Gasteiger charge is 2.44. The molecule has 0 radical (unpaired) electrons. The van der Waals surface area contributed by atoms with Gasteiger partial charge in [-0.15, -0.1) is 0 Å². The molecular formula is C13H21N3O5. The molecule has 1 fully saturated rings. The highest BCUT2D eigenvalue weighted by Crippen LogP contribution is 2.28. The van der Waals surface area contributed by atoms with Crippen LogP contribution in [0.5, 0.6) is 0 Å². The minimum Gasteiger partial charge on any atom is -0.387 e. The molecule has 0 amide bonds. The molecule has 1 saturated heterocycles. The minimum atomic E-state index is -1.23. The van der Waals surface area contributed by atoms with E-state index in [1.165, 1.54) is 6.20 Å². The van der Waals surface area contributed by atoms with Crippen molar-refractivity contribution < 1.29 is 19.7 Å². The molecule has 0 bridgehead atoms. The summed E-state index contributed by atoms with van der Waals surface area (Å²) in [6, 6.07) is 0. The van der Waals surface area contributed by atoms with E-state index in [1.54, 1.807) is 6.92 Å². The van der Waals surface area contributed by atoms with E-state index in [2.05, 4.69) is 4.98 Å². The second kappa shape index (κ2) is 6.52. The average molecular weight is 299 g/mol. The van der Waals surface area contributed by atoms with Crippen molar-refractivity contribution in [3.05, 3.63) is 22.2 Å². The van der Waals surface area contributed by atoms with Crippen molar-refractivity contribution >= 4 is 5.82 Å². The first-order valence-electron chi connectivity index (χ1n) is 6.90. The number of nitrogens with zero attached hydrogens (tertiary/aromatic N) is 2. The van der Waals surface area contributed by atoms with Crippen LogP contribution in [0.25, 0.3) is 0 Å². The Kier molecular flexibility index (Phi) is 4.94. The number of ether oxygens (including phenoxy) is 2. The molecule has 1 aliphatic rings. The fourth-order valence-corrected chi connectivity index (χ4v) is 2.20. The van der Waals surface area contributed by atoms with Crippen LogP contribution in [0.4, 0.5) is 5.82 Å². The average Bonchev–Trinajstić information content (AvgIpc) is 2.72. The number of nitrogen functional groups attached to an aromatic ring is 1. The highest BCUT2D eigenvalue weighted by atomic mass is 16.6. The highest BCUT2D eigenvalue weighted by molar-refractivity contribution is 5.35. The van der Waals surface area contributed by atoms with E-state index >= 15 is 0 Å². The maximum atomic E-state index is 11.9. The molecule has 0 saturated carbocycles. The molecule has 1 aromatic heterocycles. The zero-order valence-corrected chi connectivity index (χ0v) is 12.1. The second-order valence-electron chi connectivity index (χ2n) is 5.12. The summed E-state index contributed by atoms with van der Waals surface area (Å²) in [6.07, 6.45) is -1.76. The normalized spacial score (nSPS) is 29.0. The lowest BCUT2D eigenvalue weighted by Gasteiger charge is -2.18. The third-order valence-electron chi connectivity index (χ3n) is 3.42. The molecule has 21 heavy (non-hydrogen) atoms. The van der Waals surface area contributed by atoms with Gasteiger partial charge in [0.1, 0.15) is 24.1 Å². The van der Waals surface area contributed by atoms with E-state index in [-0.39, 0.29) is 12.4 Å². The standard InChI is InChI=1S/C13H21N3O5/c1-3-4-20-6-8-9(17)10(18)12(21-8)16-5-7(2)11(14)15-13(16)19/h5,8-10,12,17-18H,3-4,6H2,1-2H3,(H2,14,15,19)/t8-,9-,10-,12-/m1/s1. The Morgan fingerprint density at radius 3 is 2.86 bits per heavy atom. The van der Waals surface area contributed by atoms with Gasteiger partial charge >= 0.3 is 5.69 Å². The summed E-state index contributed by atoms with van der Waals surface area (Å²) in [6.45, 7) is 4.35. The SMILES string of the molecule is CCCOC[C@H]1O[C@@H](n2cc(C)c(N)nc2=O)[C@H](O)[C@@H]1O. The predicted molar refractivity (Wildman–Crippen MR) is 74.7 cm³/mol. The number of anilines is 1. The number of aliphatic hydroxyl groups is 2. The molecule has 0 spiro atoms. The maximum absolute atomic E-state index is 11.9. The Hall–Kier alpha value is -1.48. The molecule has 0 aromatic carbocycles. The fraction of sp³-hybridized carbons (Fsp3) is 0.692. The summed E-state index contributed by atoms with van der Waals surface area (Å²) in [5, 5.41) is 20.1. The predicted octanol–water partition coefficient (Wildman–Crippen LogP) is -0.820. The van der Waals surface area contributed by atoms with Crippen LogP contribution >= 0.6 is 0 Å². The number of rotatable bonds is 5. The Labute approximate surface area is 122 Å². The number of hydrogen-bond acceptors (Lipinski definition) is 7. The topological polar surface area (TPSA) is 120 Å². The Morgan fingerprint density at radius 2 is 2.19 bits per heavy atom. The fourth-order valence-electron chi connectivity index (χ4n) is 2.20. The van der Waals surface area contributed by atoms with Crippen LogP contribution in [-0.2, 0) is 9.47 Å². The Morgan fingerprint density at radius 1 is 1.48 bits per heavy atom. The van der Waals surface area contributed by atoms with Crippen molar-refractivity contribution in [3.63, 3.8) is 0 Å². The van der Waals surface area contributed by atoms with Gasteiger partial charge in [-0.2, -0.15) is 4.98 Å². The van der Waals surface area contributed by atoms with E-state index in [4.69, 9.17) is 15.2 Å².